The Morgan fingerprint density at radius 3 is 2.54 bits per heavy atom. The Kier molecular flexibility index (Phi) is 4.08. The molecule has 1 nitrogen and oxygen atoms in total. The van der Waals surface area contributed by atoms with Gasteiger partial charge < -0.3 is 0 Å². The minimum atomic E-state index is 0.170. The van der Waals surface area contributed by atoms with Gasteiger partial charge in [0.15, 0.2) is 0 Å². The van der Waals surface area contributed by atoms with Gasteiger partial charge in [0.25, 0.3) is 0 Å². The predicted octanol–water partition coefficient (Wildman–Crippen LogP) is 2.74. The number of para-hydroxylation sites is 1. The van der Waals surface area contributed by atoms with Gasteiger partial charge in [0, 0.05) is 0 Å². The zero-order valence-electron chi connectivity index (χ0n) is 7.53. The summed E-state index contributed by atoms with van der Waals surface area (Å²) >= 11 is 8.27. The molecule has 72 valence electrons. The van der Waals surface area contributed by atoms with Crippen LogP contribution in [0.3, 0.4) is 0 Å². The van der Waals surface area contributed by atoms with Crippen molar-refractivity contribution in [3.8, 4) is 5.75 Å². The molecule has 0 atom stereocenters. The molecule has 0 heterocycles. The summed E-state index contributed by atoms with van der Waals surface area (Å²) in [4.78, 5) is 0. The second kappa shape index (κ2) is 4.88. The van der Waals surface area contributed by atoms with Crippen molar-refractivity contribution in [3.05, 3.63) is 29.8 Å². The van der Waals surface area contributed by atoms with Crippen LogP contribution in [-0.2, 0) is 17.9 Å². The Morgan fingerprint density at radius 2 is 2.00 bits per heavy atom. The normalized spacial score (nSPS) is 10.2. The number of ether oxygens (including phenoxy) is 1. The van der Waals surface area contributed by atoms with Crippen LogP contribution in [0.5, 0.6) is 5.75 Å². The fourth-order valence-corrected chi connectivity index (χ4v) is 1.49. The molecule has 3 heteroatoms. The molecule has 0 saturated carbocycles. The van der Waals surface area contributed by atoms with Crippen LogP contribution in [0.25, 0.3) is 0 Å². The molecule has 0 aliphatic rings. The Hall–Kier alpha value is -0.197. The zero-order chi connectivity index (χ0) is 9.84. The summed E-state index contributed by atoms with van der Waals surface area (Å²) in [5.41, 5.74) is 0.939. The molecular weight excluding hydrogens is 273 g/mol. The molecule has 0 saturated heterocycles. The predicted molar refractivity (Wildman–Crippen MR) is 52.2 cm³/mol. The van der Waals surface area contributed by atoms with Gasteiger partial charge in [-0.05, 0) is 0 Å². The standard InChI is InChI=1S/C10H11ClO.Ru/c1-8(2)12-10-6-4-3-5-9(10)7-11;/h3-6,8H,1-2H3;. The number of hydrogen-bond acceptors (Lipinski definition) is 1. The average Bonchev–Trinajstić information content (AvgIpc) is 2.03. The molecule has 0 aromatic heterocycles. The van der Waals surface area contributed by atoms with E-state index in [2.05, 4.69) is 17.9 Å². The van der Waals surface area contributed by atoms with E-state index in [1.54, 1.807) is 0 Å². The monoisotopic (exact) mass is 284 g/mol. The van der Waals surface area contributed by atoms with Gasteiger partial charge in [-0.25, -0.2) is 0 Å². The van der Waals surface area contributed by atoms with Gasteiger partial charge in [0.05, 0.1) is 0 Å². The van der Waals surface area contributed by atoms with Gasteiger partial charge >= 0.3 is 93.3 Å². The molecule has 0 spiro atoms. The quantitative estimate of drug-likeness (QED) is 0.775. The maximum atomic E-state index is 5.90. The second-order valence-corrected chi connectivity index (χ2v) is 4.66. The van der Waals surface area contributed by atoms with E-state index < -0.39 is 0 Å². The van der Waals surface area contributed by atoms with E-state index in [4.69, 9.17) is 16.3 Å². The van der Waals surface area contributed by atoms with Crippen LogP contribution in [-0.4, -0.2) is 9.67 Å². The number of hydrogen-bond donors (Lipinski definition) is 0. The third kappa shape index (κ3) is 3.21. The summed E-state index contributed by atoms with van der Waals surface area (Å²) < 4.78 is 6.28. The van der Waals surface area contributed by atoms with Crippen molar-refractivity contribution < 1.29 is 22.6 Å². The molecule has 0 N–H and O–H groups in total. The first-order valence-electron chi connectivity index (χ1n) is 4.04. The summed E-state index contributed by atoms with van der Waals surface area (Å²) in [6, 6.07) is 7.74. The Morgan fingerprint density at radius 1 is 1.38 bits per heavy atom. The molecule has 0 bridgehead atoms. The molecular formula is C10H11ClORu. The van der Waals surface area contributed by atoms with Crippen LogP contribution in [0.4, 0.5) is 0 Å². The molecule has 0 aliphatic heterocycles. The SMILES string of the molecule is CC(C)Oc1ccccc1[C](Cl)=[Ru]. The Labute approximate surface area is 93.2 Å². The molecule has 1 aromatic carbocycles. The van der Waals surface area contributed by atoms with Gasteiger partial charge in [0.1, 0.15) is 0 Å². The fourth-order valence-electron chi connectivity index (χ4n) is 0.974. The van der Waals surface area contributed by atoms with E-state index in [9.17, 15) is 0 Å². The van der Waals surface area contributed by atoms with Crippen LogP contribution in [0.1, 0.15) is 19.4 Å². The third-order valence-corrected chi connectivity index (χ3v) is 2.12. The van der Waals surface area contributed by atoms with Gasteiger partial charge in [-0.3, -0.25) is 0 Å². The molecule has 0 radical (unpaired) electrons. The van der Waals surface area contributed by atoms with Crippen molar-refractivity contribution in [2.45, 2.75) is 20.0 Å². The summed E-state index contributed by atoms with van der Waals surface area (Å²) in [7, 11) is 0. The molecule has 0 fully saturated rings. The van der Waals surface area contributed by atoms with E-state index >= 15 is 0 Å². The molecule has 0 unspecified atom stereocenters. The minimum absolute atomic E-state index is 0.170. The summed E-state index contributed by atoms with van der Waals surface area (Å²) in [6.07, 6.45) is 0.170. The summed E-state index contributed by atoms with van der Waals surface area (Å²) in [5, 5.41) is 0. The molecule has 0 aliphatic carbocycles. The third-order valence-electron chi connectivity index (χ3n) is 1.45. The average molecular weight is 284 g/mol. The topological polar surface area (TPSA) is 9.23 Å². The van der Waals surface area contributed by atoms with Crippen molar-refractivity contribution >= 4 is 15.2 Å². The van der Waals surface area contributed by atoms with Gasteiger partial charge in [-0.2, -0.15) is 0 Å². The number of rotatable bonds is 3. The van der Waals surface area contributed by atoms with E-state index in [0.717, 1.165) is 11.3 Å². The first-order chi connectivity index (χ1) is 6.11. The van der Waals surface area contributed by atoms with Crippen molar-refractivity contribution in [3.63, 3.8) is 0 Å². The number of benzene rings is 1. The van der Waals surface area contributed by atoms with Gasteiger partial charge in [-0.15, -0.1) is 0 Å². The first-order valence-corrected chi connectivity index (χ1v) is 5.28. The first kappa shape index (κ1) is 10.9. The van der Waals surface area contributed by atoms with Gasteiger partial charge in [0.2, 0.25) is 0 Å². The van der Waals surface area contributed by atoms with Crippen LogP contribution in [0, 0.1) is 0 Å². The van der Waals surface area contributed by atoms with E-state index in [-0.39, 0.29) is 6.10 Å². The van der Waals surface area contributed by atoms with Crippen molar-refractivity contribution in [1.82, 2.24) is 0 Å². The molecule has 13 heavy (non-hydrogen) atoms. The molecule has 1 rings (SSSR count). The summed E-state index contributed by atoms with van der Waals surface area (Å²) in [5.74, 6) is 0.834. The van der Waals surface area contributed by atoms with Crippen LogP contribution in [0.2, 0.25) is 0 Å². The fraction of sp³-hybridized carbons (Fsp3) is 0.300. The summed E-state index contributed by atoms with van der Waals surface area (Å²) in [6.45, 7) is 3.99. The van der Waals surface area contributed by atoms with Crippen LogP contribution in [0.15, 0.2) is 24.3 Å². The van der Waals surface area contributed by atoms with Crippen molar-refractivity contribution in [2.24, 2.45) is 0 Å². The zero-order valence-corrected chi connectivity index (χ0v) is 10.0. The van der Waals surface area contributed by atoms with Gasteiger partial charge in [-0.1, -0.05) is 0 Å². The molecule has 0 amide bonds. The molecule has 1 aromatic rings. The maximum absolute atomic E-state index is 5.90. The second-order valence-electron chi connectivity index (χ2n) is 2.91. The number of halogens is 1. The Bertz CT molecular complexity index is 310. The van der Waals surface area contributed by atoms with Crippen molar-refractivity contribution in [2.75, 3.05) is 0 Å². The van der Waals surface area contributed by atoms with E-state index in [0.29, 0.717) is 3.57 Å². The van der Waals surface area contributed by atoms with Crippen LogP contribution < -0.4 is 4.74 Å². The van der Waals surface area contributed by atoms with E-state index in [1.807, 2.05) is 38.1 Å². The Balaban J connectivity index is 2.98. The van der Waals surface area contributed by atoms with E-state index in [1.165, 1.54) is 0 Å². The van der Waals surface area contributed by atoms with Crippen molar-refractivity contribution in [1.29, 1.82) is 0 Å². The van der Waals surface area contributed by atoms with Crippen LogP contribution >= 0.6 is 11.6 Å².